The van der Waals surface area contributed by atoms with Crippen LogP contribution >= 0.6 is 0 Å². The number of aryl methyl sites for hydroxylation is 1. The van der Waals surface area contributed by atoms with Gasteiger partial charge in [0.15, 0.2) is 0 Å². The van der Waals surface area contributed by atoms with Gasteiger partial charge in [0.2, 0.25) is 0 Å². The summed E-state index contributed by atoms with van der Waals surface area (Å²) >= 11 is 0. The molecule has 0 bridgehead atoms. The molecular formula is C20H25N5. The van der Waals surface area contributed by atoms with E-state index in [-0.39, 0.29) is 0 Å². The van der Waals surface area contributed by atoms with Crippen molar-refractivity contribution in [3.05, 3.63) is 64.8 Å². The highest BCUT2D eigenvalue weighted by molar-refractivity contribution is 5.92. The summed E-state index contributed by atoms with van der Waals surface area (Å²) in [5.74, 6) is 0.823. The largest absolute Gasteiger partial charge is 0.339 e. The normalized spacial score (nSPS) is 12.1. The second kappa shape index (κ2) is 7.07. The Morgan fingerprint density at radius 2 is 1.76 bits per heavy atom. The summed E-state index contributed by atoms with van der Waals surface area (Å²) in [6.45, 7) is 5.74. The summed E-state index contributed by atoms with van der Waals surface area (Å²) in [6.07, 6.45) is 0. The number of fused-ring (bicyclic) bond motifs is 1. The number of pyridine rings is 1. The third kappa shape index (κ3) is 3.28. The first kappa shape index (κ1) is 17.2. The molecule has 0 saturated heterocycles. The molecule has 0 fully saturated rings. The molecule has 0 radical (unpaired) electrons. The molecule has 5 nitrogen and oxygen atoms in total. The molecule has 0 aliphatic carbocycles. The summed E-state index contributed by atoms with van der Waals surface area (Å²) in [5, 5.41) is 11.4. The Balaban J connectivity index is 2.05. The van der Waals surface area contributed by atoms with E-state index in [4.69, 9.17) is 5.41 Å². The molecule has 0 amide bonds. The van der Waals surface area contributed by atoms with Crippen LogP contribution in [-0.2, 0) is 13.1 Å². The van der Waals surface area contributed by atoms with Crippen molar-refractivity contribution in [1.29, 1.82) is 5.41 Å². The zero-order valence-electron chi connectivity index (χ0n) is 15.3. The van der Waals surface area contributed by atoms with Crippen molar-refractivity contribution in [1.82, 2.24) is 14.5 Å². The van der Waals surface area contributed by atoms with E-state index in [1.54, 1.807) is 7.05 Å². The lowest BCUT2D eigenvalue weighted by atomic mass is 10.1. The van der Waals surface area contributed by atoms with Crippen LogP contribution in [0.15, 0.2) is 47.5 Å². The van der Waals surface area contributed by atoms with Crippen LogP contribution in [0, 0.1) is 12.3 Å². The van der Waals surface area contributed by atoms with Gasteiger partial charge in [-0.1, -0.05) is 24.3 Å². The van der Waals surface area contributed by atoms with Gasteiger partial charge in [0.1, 0.15) is 11.3 Å². The van der Waals surface area contributed by atoms with E-state index in [1.807, 2.05) is 30.7 Å². The molecule has 2 N–H and O–H groups in total. The third-order valence-corrected chi connectivity index (χ3v) is 4.60. The number of nitrogens with zero attached hydrogens (tertiary/aromatic N) is 3. The van der Waals surface area contributed by atoms with Gasteiger partial charge in [0, 0.05) is 25.8 Å². The number of benzene rings is 1. The van der Waals surface area contributed by atoms with Gasteiger partial charge in [-0.2, -0.15) is 0 Å². The summed E-state index contributed by atoms with van der Waals surface area (Å²) < 4.78 is 4.19. The molecular weight excluding hydrogens is 310 g/mol. The van der Waals surface area contributed by atoms with Crippen molar-refractivity contribution in [2.24, 2.45) is 4.99 Å². The van der Waals surface area contributed by atoms with Gasteiger partial charge >= 0.3 is 0 Å². The van der Waals surface area contributed by atoms with Crippen LogP contribution < -0.4 is 10.8 Å². The van der Waals surface area contributed by atoms with Gasteiger partial charge in [0.05, 0.1) is 11.0 Å². The second-order valence-electron chi connectivity index (χ2n) is 6.31. The van der Waals surface area contributed by atoms with Crippen molar-refractivity contribution in [3.63, 3.8) is 0 Å². The molecule has 0 aliphatic heterocycles. The summed E-state index contributed by atoms with van der Waals surface area (Å²) in [7, 11) is 3.72. The number of aromatic nitrogens is 2. The Morgan fingerprint density at radius 3 is 2.40 bits per heavy atom. The fourth-order valence-electron chi connectivity index (χ4n) is 3.20. The van der Waals surface area contributed by atoms with Gasteiger partial charge in [0.25, 0.3) is 0 Å². The molecule has 0 saturated carbocycles. The zero-order chi connectivity index (χ0) is 18.0. The molecule has 0 aliphatic rings. The number of hydrogen-bond donors (Lipinski definition) is 2. The quantitative estimate of drug-likeness (QED) is 0.559. The zero-order valence-corrected chi connectivity index (χ0v) is 15.3. The van der Waals surface area contributed by atoms with Crippen molar-refractivity contribution >= 4 is 16.9 Å². The topological polar surface area (TPSA) is 58.1 Å². The fraction of sp³-hybridized carbons (Fsp3) is 0.300. The maximum absolute atomic E-state index is 8.22. The predicted molar refractivity (Wildman–Crippen MR) is 103 cm³/mol. The molecule has 3 rings (SSSR count). The molecule has 2 aromatic heterocycles. The van der Waals surface area contributed by atoms with E-state index in [9.17, 15) is 0 Å². The van der Waals surface area contributed by atoms with Crippen LogP contribution in [0.25, 0.3) is 11.0 Å². The third-order valence-electron chi connectivity index (χ3n) is 4.60. The van der Waals surface area contributed by atoms with E-state index in [1.165, 1.54) is 16.8 Å². The first-order valence-corrected chi connectivity index (χ1v) is 8.48. The number of rotatable bonds is 4. The predicted octanol–water partition coefficient (Wildman–Crippen LogP) is 2.89. The number of hydrogen-bond acceptors (Lipinski definition) is 3. The summed E-state index contributed by atoms with van der Waals surface area (Å²) in [5.41, 5.74) is 6.33. The van der Waals surface area contributed by atoms with E-state index >= 15 is 0 Å². The van der Waals surface area contributed by atoms with Gasteiger partial charge in [-0.3, -0.25) is 15.0 Å². The minimum Gasteiger partial charge on any atom is -0.339 e. The minimum absolute atomic E-state index is 0.448. The van der Waals surface area contributed by atoms with Crippen LogP contribution in [0.5, 0.6) is 0 Å². The van der Waals surface area contributed by atoms with Crippen molar-refractivity contribution in [2.45, 2.75) is 26.9 Å². The van der Waals surface area contributed by atoms with Crippen LogP contribution in [-0.4, -0.2) is 29.1 Å². The fourth-order valence-corrected chi connectivity index (χ4v) is 3.20. The smallest absolute Gasteiger partial charge is 0.130 e. The standard InChI is InChI=1S/C20H25N5/c1-14-11-19-18(9-10-20(21)25(19)15(2)23-4)24(14)13-17-7-5-16(6-8-17)12-22-3/h5-11,21-22H,12-13H2,1-4H3. The molecule has 5 heteroatoms. The second-order valence-corrected chi connectivity index (χ2v) is 6.31. The van der Waals surface area contributed by atoms with Gasteiger partial charge < -0.3 is 9.88 Å². The lowest BCUT2D eigenvalue weighted by molar-refractivity contribution is 0.796. The van der Waals surface area contributed by atoms with E-state index in [0.717, 1.165) is 30.0 Å². The van der Waals surface area contributed by atoms with E-state index < -0.39 is 0 Å². The number of nitrogens with one attached hydrogen (secondary N) is 2. The molecule has 130 valence electrons. The highest BCUT2D eigenvalue weighted by Gasteiger charge is 2.11. The van der Waals surface area contributed by atoms with Crippen LogP contribution in [0.2, 0.25) is 0 Å². The first-order chi connectivity index (χ1) is 12.0. The first-order valence-electron chi connectivity index (χ1n) is 8.48. The SMILES string of the molecule is CN=C(C)n1c(=N)ccc2c1cc(C)n2Cc1ccc(CNC)cc1. The Morgan fingerprint density at radius 1 is 1.08 bits per heavy atom. The van der Waals surface area contributed by atoms with Crippen molar-refractivity contribution < 1.29 is 0 Å². The summed E-state index contributed by atoms with van der Waals surface area (Å²) in [6, 6.07) is 14.7. The highest BCUT2D eigenvalue weighted by atomic mass is 15.1. The van der Waals surface area contributed by atoms with Crippen molar-refractivity contribution in [2.75, 3.05) is 14.1 Å². The molecule has 25 heavy (non-hydrogen) atoms. The Kier molecular flexibility index (Phi) is 4.86. The van der Waals surface area contributed by atoms with Crippen LogP contribution in [0.3, 0.4) is 0 Å². The van der Waals surface area contributed by atoms with Crippen molar-refractivity contribution in [3.8, 4) is 0 Å². The lowest BCUT2D eigenvalue weighted by Gasteiger charge is -2.11. The maximum atomic E-state index is 8.22. The average molecular weight is 335 g/mol. The highest BCUT2D eigenvalue weighted by Crippen LogP contribution is 2.20. The molecule has 2 heterocycles. The number of aliphatic imine (C=N–C) groups is 1. The van der Waals surface area contributed by atoms with E-state index in [0.29, 0.717) is 5.49 Å². The Bertz CT molecular complexity index is 974. The van der Waals surface area contributed by atoms with E-state index in [2.05, 4.69) is 52.1 Å². The molecule has 0 unspecified atom stereocenters. The Hall–Kier alpha value is -2.66. The molecule has 0 spiro atoms. The van der Waals surface area contributed by atoms with Gasteiger partial charge in [-0.15, -0.1) is 0 Å². The molecule has 3 aromatic rings. The van der Waals surface area contributed by atoms with Crippen LogP contribution in [0.1, 0.15) is 23.7 Å². The minimum atomic E-state index is 0.448. The molecule has 1 aromatic carbocycles. The average Bonchev–Trinajstić information content (AvgIpc) is 2.91. The lowest BCUT2D eigenvalue weighted by Crippen LogP contribution is -2.24. The summed E-state index contributed by atoms with van der Waals surface area (Å²) in [4.78, 5) is 4.26. The van der Waals surface area contributed by atoms with Gasteiger partial charge in [-0.05, 0) is 50.2 Å². The monoisotopic (exact) mass is 335 g/mol. The molecule has 0 atom stereocenters. The Labute approximate surface area is 148 Å². The van der Waals surface area contributed by atoms with Gasteiger partial charge in [-0.25, -0.2) is 0 Å². The maximum Gasteiger partial charge on any atom is 0.130 e. The van der Waals surface area contributed by atoms with Crippen LogP contribution in [0.4, 0.5) is 0 Å².